The van der Waals surface area contributed by atoms with Crippen molar-refractivity contribution in [3.8, 4) is 0 Å². The maximum Gasteiger partial charge on any atom is 0.326 e. The van der Waals surface area contributed by atoms with Gasteiger partial charge in [0.1, 0.15) is 30.2 Å². The fraction of sp³-hybridized carbons (Fsp3) is 0.838. The predicted molar refractivity (Wildman–Crippen MR) is 229 cm³/mol. The van der Waals surface area contributed by atoms with Crippen LogP contribution in [-0.4, -0.2) is 150 Å². The Balaban J connectivity index is -0.000000237. The zero-order chi connectivity index (χ0) is 46.1. The van der Waals surface area contributed by atoms with Crippen LogP contribution >= 0.6 is 23.5 Å². The van der Waals surface area contributed by atoms with Gasteiger partial charge in [0.05, 0.1) is 18.8 Å². The monoisotopic (exact) mass is 879 g/mol. The highest BCUT2D eigenvalue weighted by Gasteiger charge is 2.19. The number of carbonyl (C=O) groups is 6. The number of carboxylic acid groups (broad SMARTS) is 5. The lowest BCUT2D eigenvalue weighted by Gasteiger charge is -2.13. The average Bonchev–Trinajstić information content (AvgIpc) is 3.16. The van der Waals surface area contributed by atoms with Crippen molar-refractivity contribution in [1.29, 1.82) is 0 Å². The molecular weight excluding hydrogens is 803 g/mol. The fourth-order valence-corrected chi connectivity index (χ4v) is 4.88. The molecular formula is C37H77N5O14S2. The molecule has 7 atom stereocenters. The van der Waals surface area contributed by atoms with Crippen molar-refractivity contribution in [2.75, 3.05) is 30.6 Å². The van der Waals surface area contributed by atoms with Crippen LogP contribution in [0.15, 0.2) is 0 Å². The van der Waals surface area contributed by atoms with Gasteiger partial charge in [-0.25, -0.2) is 4.79 Å². The van der Waals surface area contributed by atoms with E-state index in [0.717, 1.165) is 24.3 Å². The van der Waals surface area contributed by atoms with Crippen LogP contribution in [0.2, 0.25) is 0 Å². The Labute approximate surface area is 352 Å². The van der Waals surface area contributed by atoms with Gasteiger partial charge in [-0.2, -0.15) is 23.5 Å². The normalized spacial score (nSPS) is 13.9. The van der Waals surface area contributed by atoms with Crippen molar-refractivity contribution in [2.45, 2.75) is 166 Å². The van der Waals surface area contributed by atoms with Crippen molar-refractivity contribution in [1.82, 2.24) is 5.32 Å². The van der Waals surface area contributed by atoms with Crippen molar-refractivity contribution in [3.05, 3.63) is 0 Å². The summed E-state index contributed by atoms with van der Waals surface area (Å²) >= 11 is 3.20. The van der Waals surface area contributed by atoms with E-state index >= 15 is 0 Å². The van der Waals surface area contributed by atoms with E-state index in [1.807, 2.05) is 12.5 Å². The number of aliphatic hydroxyl groups is 3. The molecule has 0 aliphatic heterocycles. The minimum absolute atomic E-state index is 0.124. The molecule has 19 nitrogen and oxygen atoms in total. The first kappa shape index (κ1) is 64.4. The number of aliphatic carboxylic acids is 5. The maximum absolute atomic E-state index is 11.8. The van der Waals surface area contributed by atoms with Crippen LogP contribution in [0.3, 0.4) is 0 Å². The Morgan fingerprint density at radius 3 is 1.12 bits per heavy atom. The summed E-state index contributed by atoms with van der Waals surface area (Å²) in [4.78, 5) is 62.4. The molecule has 0 aliphatic rings. The molecule has 58 heavy (non-hydrogen) atoms. The Kier molecular flexibility index (Phi) is 50.3. The summed E-state index contributed by atoms with van der Waals surface area (Å²) in [7, 11) is 0. The summed E-state index contributed by atoms with van der Waals surface area (Å²) in [5, 5.41) is 69.0. The molecule has 0 aromatic carbocycles. The summed E-state index contributed by atoms with van der Waals surface area (Å²) < 4.78 is 0. The second-order valence-corrected chi connectivity index (χ2v) is 15.3. The largest absolute Gasteiger partial charge is 0.480 e. The third-order valence-electron chi connectivity index (χ3n) is 7.83. The van der Waals surface area contributed by atoms with E-state index in [1.165, 1.54) is 84.5 Å². The number of hydrogen-bond acceptors (Lipinski definition) is 15. The number of carbonyl (C=O) groups excluding carboxylic acids is 1. The second-order valence-electron chi connectivity index (χ2n) is 13.3. The number of nitrogens with two attached hydrogens (primary N) is 4. The number of amides is 1. The molecule has 0 unspecified atom stereocenters. The van der Waals surface area contributed by atoms with Crippen LogP contribution in [0.5, 0.6) is 0 Å². The van der Waals surface area contributed by atoms with Gasteiger partial charge in [-0.15, -0.1) is 0 Å². The smallest absolute Gasteiger partial charge is 0.326 e. The molecule has 0 bridgehead atoms. The van der Waals surface area contributed by atoms with E-state index in [2.05, 4.69) is 12.2 Å². The third kappa shape index (κ3) is 49.4. The first-order valence-corrected chi connectivity index (χ1v) is 22.3. The zero-order valence-electron chi connectivity index (χ0n) is 35.1. The number of rotatable bonds is 29. The van der Waals surface area contributed by atoms with Crippen LogP contribution in [-0.2, 0) is 28.8 Å². The van der Waals surface area contributed by atoms with Gasteiger partial charge in [0.2, 0.25) is 5.91 Å². The molecule has 346 valence electrons. The molecule has 0 aromatic heterocycles. The van der Waals surface area contributed by atoms with Crippen LogP contribution < -0.4 is 28.3 Å². The Morgan fingerprint density at radius 1 is 0.534 bits per heavy atom. The Hall–Kier alpha value is -2.76. The number of unbranched alkanes of at least 4 members (excludes halogenated alkanes) is 12. The molecule has 0 saturated heterocycles. The minimum atomic E-state index is -1.18. The van der Waals surface area contributed by atoms with Gasteiger partial charge in [0.25, 0.3) is 0 Å². The number of hydrogen-bond donors (Lipinski definition) is 13. The predicted octanol–water partition coefficient (Wildman–Crippen LogP) is 1.89. The third-order valence-corrected chi connectivity index (χ3v) is 9.11. The number of aliphatic hydroxyl groups excluding tert-OH is 3. The number of thioether (sulfide) groups is 2. The number of nitrogens with one attached hydrogen (secondary N) is 1. The first-order chi connectivity index (χ1) is 27.1. The van der Waals surface area contributed by atoms with Gasteiger partial charge in [0.15, 0.2) is 0 Å². The Bertz CT molecular complexity index is 1020. The van der Waals surface area contributed by atoms with E-state index in [4.69, 9.17) is 63.8 Å². The van der Waals surface area contributed by atoms with Gasteiger partial charge in [-0.3, -0.25) is 24.0 Å². The first-order valence-electron chi connectivity index (χ1n) is 19.5. The SMILES string of the molecule is CCCCCCCCCCCCCCCC(=O)N[C@@H](CCSC)C(=O)O.CSCC[C@H](N)C(=O)O.C[C@@H](O)[C@H](N)C(=O)O.C[C@@H](O)[C@H](N)C(=O)O.N[C@@H](CO)C(=O)O. The topological polar surface area (TPSA) is 380 Å². The van der Waals surface area contributed by atoms with E-state index in [0.29, 0.717) is 19.3 Å². The lowest BCUT2D eigenvalue weighted by atomic mass is 10.0. The highest BCUT2D eigenvalue weighted by Crippen LogP contribution is 2.13. The molecule has 0 rings (SSSR count). The van der Waals surface area contributed by atoms with Crippen molar-refractivity contribution < 1.29 is 69.6 Å². The van der Waals surface area contributed by atoms with Crippen molar-refractivity contribution >= 4 is 59.3 Å². The quantitative estimate of drug-likeness (QED) is 0.0477. The summed E-state index contributed by atoms with van der Waals surface area (Å²) in [5.74, 6) is -3.95. The molecule has 21 heteroatoms. The summed E-state index contributed by atoms with van der Waals surface area (Å²) in [6.07, 6.45) is 20.0. The van der Waals surface area contributed by atoms with Crippen LogP contribution in [0.25, 0.3) is 0 Å². The van der Waals surface area contributed by atoms with E-state index < -0.39 is 78.9 Å². The van der Waals surface area contributed by atoms with Crippen molar-refractivity contribution in [2.24, 2.45) is 22.9 Å². The molecule has 0 radical (unpaired) electrons. The van der Waals surface area contributed by atoms with Gasteiger partial charge in [-0.05, 0) is 57.1 Å². The van der Waals surface area contributed by atoms with E-state index in [9.17, 15) is 28.8 Å². The summed E-state index contributed by atoms with van der Waals surface area (Å²) in [6, 6.07) is -4.86. The Morgan fingerprint density at radius 2 is 0.879 bits per heavy atom. The highest BCUT2D eigenvalue weighted by atomic mass is 32.2. The molecule has 17 N–H and O–H groups in total. The van der Waals surface area contributed by atoms with Crippen LogP contribution in [0, 0.1) is 0 Å². The summed E-state index contributed by atoms with van der Waals surface area (Å²) in [5.41, 5.74) is 19.8. The van der Waals surface area contributed by atoms with Gasteiger partial charge in [-0.1, -0.05) is 84.0 Å². The average molecular weight is 880 g/mol. The fourth-order valence-electron chi connectivity index (χ4n) is 3.92. The van der Waals surface area contributed by atoms with E-state index in [1.54, 1.807) is 23.5 Å². The second kappa shape index (κ2) is 45.3. The summed E-state index contributed by atoms with van der Waals surface area (Å²) in [6.45, 7) is 4.42. The molecule has 0 aromatic rings. The molecule has 1 amide bonds. The molecule has 0 saturated carbocycles. The van der Waals surface area contributed by atoms with Gasteiger partial charge < -0.3 is 69.1 Å². The molecule has 0 aliphatic carbocycles. The molecule has 0 heterocycles. The van der Waals surface area contributed by atoms with Crippen LogP contribution in [0.1, 0.15) is 124 Å². The molecule has 0 spiro atoms. The van der Waals surface area contributed by atoms with Gasteiger partial charge in [0, 0.05) is 6.42 Å². The van der Waals surface area contributed by atoms with Crippen LogP contribution in [0.4, 0.5) is 0 Å². The van der Waals surface area contributed by atoms with Gasteiger partial charge >= 0.3 is 29.8 Å². The highest BCUT2D eigenvalue weighted by molar-refractivity contribution is 7.98. The minimum Gasteiger partial charge on any atom is -0.480 e. The lowest BCUT2D eigenvalue weighted by Crippen LogP contribution is -2.41. The maximum atomic E-state index is 11.8. The number of carboxylic acids is 5. The van der Waals surface area contributed by atoms with E-state index in [-0.39, 0.29) is 5.91 Å². The standard InChI is InChI=1S/C21H41NO3S.C5H11NO2S.2C4H9NO3.C3H7NO3/c1-3-4-5-6-7-8-9-10-11-12-13-14-15-16-20(23)22-19(21(24)25)17-18-26-2;1-9-3-2-4(6)5(7)8;2*1-2(6)3(5)4(7)8;4-2(1-5)3(6)7/h19H,3-18H2,1-2H3,(H,22,23)(H,24,25);4H,2-3,6H2,1H3,(H,7,8);2*2-3,6H,5H2,1H3,(H,7,8);2,5H,1,4H2,(H,6,7)/t19-;4-;2*2-,3+;2-/m00110/s1. The molecule has 0 fully saturated rings. The lowest BCUT2D eigenvalue weighted by molar-refractivity contribution is -0.142. The zero-order valence-corrected chi connectivity index (χ0v) is 36.8. The van der Waals surface area contributed by atoms with Crippen molar-refractivity contribution in [3.63, 3.8) is 0 Å².